The van der Waals surface area contributed by atoms with Gasteiger partial charge in [0.25, 0.3) is 5.91 Å². The summed E-state index contributed by atoms with van der Waals surface area (Å²) in [5, 5.41) is 21.9. The Hall–Kier alpha value is -3.50. The van der Waals surface area contributed by atoms with E-state index in [1.807, 2.05) is 19.9 Å². The van der Waals surface area contributed by atoms with Crippen LogP contribution < -0.4 is 10.1 Å². The highest BCUT2D eigenvalue weighted by atomic mass is 19.1. The number of aromatic nitrogens is 3. The summed E-state index contributed by atoms with van der Waals surface area (Å²) < 4.78 is 22.5. The van der Waals surface area contributed by atoms with Crippen molar-refractivity contribution in [2.24, 2.45) is 0 Å². The molecule has 1 aliphatic heterocycles. The number of methoxy groups -OCH3 is 1. The quantitative estimate of drug-likeness (QED) is 0.440. The lowest BCUT2D eigenvalue weighted by molar-refractivity contribution is 0.0943. The molecular formula is C28H37FN6O3. The molecular weight excluding hydrogens is 487 g/mol. The van der Waals surface area contributed by atoms with Gasteiger partial charge < -0.3 is 20.1 Å². The van der Waals surface area contributed by atoms with Gasteiger partial charge in [-0.15, -0.1) is 10.2 Å². The van der Waals surface area contributed by atoms with Gasteiger partial charge in [0.2, 0.25) is 5.82 Å². The SMILES string of the molecule is CCNC(=O)c1nnc(-c2cc(C(C)C)c(OC)cc2O)n1-c1ccc(CN2CCN(CC)CC2)cc1F. The number of ether oxygens (including phenoxy) is 1. The molecule has 9 nitrogen and oxygen atoms in total. The zero-order valence-electron chi connectivity index (χ0n) is 22.8. The minimum Gasteiger partial charge on any atom is -0.507 e. The number of hydrogen-bond acceptors (Lipinski definition) is 7. The summed E-state index contributed by atoms with van der Waals surface area (Å²) in [4.78, 5) is 17.6. The number of piperazine rings is 1. The van der Waals surface area contributed by atoms with Crippen LogP contribution in [0.25, 0.3) is 17.1 Å². The first kappa shape index (κ1) is 27.5. The molecule has 3 aromatic rings. The Morgan fingerprint density at radius 1 is 1.11 bits per heavy atom. The lowest BCUT2D eigenvalue weighted by Gasteiger charge is -2.34. The van der Waals surface area contributed by atoms with Crippen molar-refractivity contribution in [2.45, 2.75) is 40.2 Å². The van der Waals surface area contributed by atoms with Crippen molar-refractivity contribution in [3.8, 4) is 28.6 Å². The standard InChI is InChI=1S/C28H37FN6O3/c1-6-30-28(37)27-32-31-26(21-15-20(18(3)4)25(38-5)16-24(21)36)35(27)23-9-8-19(14-22(23)29)17-34-12-10-33(7-2)11-13-34/h8-9,14-16,18,36H,6-7,10-13,17H2,1-5H3,(H,30,37). The second kappa shape index (κ2) is 11.9. The van der Waals surface area contributed by atoms with E-state index in [1.165, 1.54) is 23.8 Å². The summed E-state index contributed by atoms with van der Waals surface area (Å²) in [6, 6.07) is 8.27. The van der Waals surface area contributed by atoms with Crippen LogP contribution in [0.2, 0.25) is 0 Å². The summed E-state index contributed by atoms with van der Waals surface area (Å²) in [7, 11) is 1.54. The molecule has 4 rings (SSSR count). The number of phenolic OH excluding ortho intramolecular Hbond substituents is 1. The molecule has 204 valence electrons. The molecule has 1 aliphatic rings. The molecule has 0 aliphatic carbocycles. The van der Waals surface area contributed by atoms with Crippen LogP contribution >= 0.6 is 0 Å². The van der Waals surface area contributed by atoms with Gasteiger partial charge in [0.15, 0.2) is 5.82 Å². The summed E-state index contributed by atoms with van der Waals surface area (Å²) in [5.74, 6) is -0.379. The van der Waals surface area contributed by atoms with Gasteiger partial charge in [-0.2, -0.15) is 0 Å². The molecule has 1 amide bonds. The van der Waals surface area contributed by atoms with Crippen LogP contribution in [0.3, 0.4) is 0 Å². The number of halogens is 1. The highest BCUT2D eigenvalue weighted by Gasteiger charge is 2.26. The van der Waals surface area contributed by atoms with Crippen LogP contribution in [0.5, 0.6) is 11.5 Å². The average Bonchev–Trinajstić information content (AvgIpc) is 3.33. The smallest absolute Gasteiger partial charge is 0.289 e. The molecule has 0 saturated carbocycles. The number of hydrogen-bond donors (Lipinski definition) is 2. The Morgan fingerprint density at radius 3 is 2.42 bits per heavy atom. The summed E-state index contributed by atoms with van der Waals surface area (Å²) in [6.45, 7) is 13.9. The number of aromatic hydroxyl groups is 1. The fourth-order valence-corrected chi connectivity index (χ4v) is 4.82. The molecule has 1 fully saturated rings. The maximum Gasteiger partial charge on any atom is 0.289 e. The summed E-state index contributed by atoms with van der Waals surface area (Å²) in [5.41, 5.74) is 2.15. The van der Waals surface area contributed by atoms with E-state index >= 15 is 4.39 Å². The Balaban J connectivity index is 1.76. The van der Waals surface area contributed by atoms with E-state index in [0.717, 1.165) is 43.9 Å². The van der Waals surface area contributed by atoms with E-state index in [4.69, 9.17) is 4.74 Å². The minimum absolute atomic E-state index is 0.0643. The highest BCUT2D eigenvalue weighted by Crippen LogP contribution is 2.39. The first-order valence-electron chi connectivity index (χ1n) is 13.2. The molecule has 10 heteroatoms. The molecule has 38 heavy (non-hydrogen) atoms. The number of benzene rings is 2. The second-order valence-corrected chi connectivity index (χ2v) is 9.80. The van der Waals surface area contributed by atoms with E-state index in [1.54, 1.807) is 19.1 Å². The molecule has 0 unspecified atom stereocenters. The lowest BCUT2D eigenvalue weighted by atomic mass is 9.98. The van der Waals surface area contributed by atoms with Gasteiger partial charge in [0.1, 0.15) is 17.3 Å². The number of rotatable bonds is 9. The molecule has 1 saturated heterocycles. The van der Waals surface area contributed by atoms with Crippen LogP contribution in [0.4, 0.5) is 4.39 Å². The molecule has 2 heterocycles. The van der Waals surface area contributed by atoms with Crippen LogP contribution in [-0.4, -0.2) is 82.0 Å². The monoisotopic (exact) mass is 524 g/mol. The van der Waals surface area contributed by atoms with Crippen molar-refractivity contribution in [2.75, 3.05) is 46.4 Å². The first-order valence-corrected chi connectivity index (χ1v) is 13.2. The van der Waals surface area contributed by atoms with Crippen molar-refractivity contribution in [3.63, 3.8) is 0 Å². The molecule has 2 N–H and O–H groups in total. The number of amides is 1. The number of likely N-dealkylation sites (N-methyl/N-ethyl adjacent to an activating group) is 1. The number of nitrogens with zero attached hydrogens (tertiary/aromatic N) is 5. The number of carbonyl (C=O) groups excluding carboxylic acids is 1. The van der Waals surface area contributed by atoms with Crippen molar-refractivity contribution in [1.29, 1.82) is 0 Å². The van der Waals surface area contributed by atoms with Gasteiger partial charge in [-0.1, -0.05) is 26.8 Å². The van der Waals surface area contributed by atoms with Gasteiger partial charge >= 0.3 is 0 Å². The zero-order valence-corrected chi connectivity index (χ0v) is 22.8. The predicted molar refractivity (Wildman–Crippen MR) is 144 cm³/mol. The fourth-order valence-electron chi connectivity index (χ4n) is 4.82. The number of phenols is 1. The maximum atomic E-state index is 15.7. The van der Waals surface area contributed by atoms with Crippen molar-refractivity contribution >= 4 is 5.91 Å². The topological polar surface area (TPSA) is 95.8 Å². The maximum absolute atomic E-state index is 15.7. The predicted octanol–water partition coefficient (Wildman–Crippen LogP) is 3.80. The Bertz CT molecular complexity index is 1280. The molecule has 0 spiro atoms. The number of carbonyl (C=O) groups is 1. The normalized spacial score (nSPS) is 14.7. The van der Waals surface area contributed by atoms with Gasteiger partial charge in [-0.25, -0.2) is 4.39 Å². The van der Waals surface area contributed by atoms with Crippen molar-refractivity contribution < 1.29 is 19.0 Å². The van der Waals surface area contributed by atoms with Crippen LogP contribution in [-0.2, 0) is 6.54 Å². The first-order chi connectivity index (χ1) is 18.3. The lowest BCUT2D eigenvalue weighted by Crippen LogP contribution is -2.45. The molecule has 0 radical (unpaired) electrons. The molecule has 2 aromatic carbocycles. The zero-order chi connectivity index (χ0) is 27.4. The van der Waals surface area contributed by atoms with E-state index in [0.29, 0.717) is 24.4 Å². The van der Waals surface area contributed by atoms with Crippen LogP contribution in [0.1, 0.15) is 55.4 Å². The Kier molecular flexibility index (Phi) is 8.63. The van der Waals surface area contributed by atoms with Crippen molar-refractivity contribution in [1.82, 2.24) is 29.9 Å². The van der Waals surface area contributed by atoms with Gasteiger partial charge in [-0.05, 0) is 48.7 Å². The van der Waals surface area contributed by atoms with Gasteiger partial charge in [0, 0.05) is 45.3 Å². The van der Waals surface area contributed by atoms with E-state index < -0.39 is 11.7 Å². The fraction of sp³-hybridized carbons (Fsp3) is 0.464. The van der Waals surface area contributed by atoms with Crippen molar-refractivity contribution in [3.05, 3.63) is 53.1 Å². The molecule has 1 aromatic heterocycles. The third-order valence-corrected chi connectivity index (χ3v) is 6.99. The third-order valence-electron chi connectivity index (χ3n) is 6.99. The van der Waals surface area contributed by atoms with Crippen LogP contribution in [0.15, 0.2) is 30.3 Å². The van der Waals surface area contributed by atoms with E-state index in [9.17, 15) is 9.90 Å². The minimum atomic E-state index is -0.502. The van der Waals surface area contributed by atoms with Gasteiger partial charge in [-0.3, -0.25) is 14.3 Å². The Morgan fingerprint density at radius 2 is 1.82 bits per heavy atom. The van der Waals surface area contributed by atoms with E-state index in [-0.39, 0.29) is 29.0 Å². The highest BCUT2D eigenvalue weighted by molar-refractivity contribution is 5.92. The van der Waals surface area contributed by atoms with E-state index in [2.05, 4.69) is 32.2 Å². The summed E-state index contributed by atoms with van der Waals surface area (Å²) in [6.07, 6.45) is 0. The Labute approximate surface area is 223 Å². The largest absolute Gasteiger partial charge is 0.507 e. The second-order valence-electron chi connectivity index (χ2n) is 9.80. The molecule has 0 bridgehead atoms. The summed E-state index contributed by atoms with van der Waals surface area (Å²) >= 11 is 0. The molecule has 0 atom stereocenters. The van der Waals surface area contributed by atoms with Crippen LogP contribution in [0, 0.1) is 5.82 Å². The van der Waals surface area contributed by atoms with Gasteiger partial charge in [0.05, 0.1) is 18.4 Å². The number of nitrogens with one attached hydrogen (secondary N) is 1. The third kappa shape index (κ3) is 5.66. The average molecular weight is 525 g/mol.